The molecule has 0 amide bonds. The summed E-state index contributed by atoms with van der Waals surface area (Å²) in [5, 5.41) is 8.87. The highest BCUT2D eigenvalue weighted by atomic mass is 35.5. The Morgan fingerprint density at radius 3 is 1.90 bits per heavy atom. The number of rotatable bonds is 5. The van der Waals surface area contributed by atoms with E-state index in [1.54, 1.807) is 0 Å². The second-order valence-electron chi connectivity index (χ2n) is 9.63. The van der Waals surface area contributed by atoms with Gasteiger partial charge < -0.3 is 0 Å². The Hall–Kier alpha value is -1.76. The van der Waals surface area contributed by atoms with Gasteiger partial charge in [0.1, 0.15) is 0 Å². The van der Waals surface area contributed by atoms with Crippen LogP contribution < -0.4 is 0 Å². The number of halogens is 1. The number of nitriles is 1. The summed E-state index contributed by atoms with van der Waals surface area (Å²) in [5.74, 6) is 0.550. The molecule has 0 unspecified atom stereocenters. The van der Waals surface area contributed by atoms with E-state index in [-0.39, 0.29) is 10.8 Å². The third kappa shape index (κ3) is 7.18. The lowest BCUT2D eigenvalue weighted by atomic mass is 9.91. The van der Waals surface area contributed by atoms with Gasteiger partial charge >= 0.3 is 0 Å². The maximum atomic E-state index is 8.87. The first-order valence-corrected chi connectivity index (χ1v) is 11.8. The summed E-state index contributed by atoms with van der Waals surface area (Å²) in [5.41, 5.74) is 3.77. The zero-order valence-corrected chi connectivity index (χ0v) is 20.7. The van der Waals surface area contributed by atoms with Crippen LogP contribution in [0.2, 0.25) is 0 Å². The van der Waals surface area contributed by atoms with Crippen molar-refractivity contribution in [3.8, 4) is 6.07 Å². The normalized spacial score (nSPS) is 16.8. The molecule has 4 heteroatoms. The van der Waals surface area contributed by atoms with Gasteiger partial charge in [-0.05, 0) is 56.1 Å². The van der Waals surface area contributed by atoms with Gasteiger partial charge in [0.2, 0.25) is 0 Å². The van der Waals surface area contributed by atoms with Crippen molar-refractivity contribution in [3.63, 3.8) is 0 Å². The smallest absolute Gasteiger partial charge is 0.199 e. The summed E-state index contributed by atoms with van der Waals surface area (Å²) in [6.07, 6.45) is 18.0. The van der Waals surface area contributed by atoms with Crippen molar-refractivity contribution in [2.45, 2.75) is 48.0 Å². The molecule has 0 spiro atoms. The molecule has 0 fully saturated rings. The Labute approximate surface area is 192 Å². The summed E-state index contributed by atoms with van der Waals surface area (Å²) in [6.45, 7) is 15.1. The predicted molar refractivity (Wildman–Crippen MR) is 133 cm³/mol. The average Bonchev–Trinajstić information content (AvgIpc) is 2.68. The first kappa shape index (κ1) is 24.5. The largest absolute Gasteiger partial charge is 0.228 e. The molecule has 1 aliphatic heterocycles. The van der Waals surface area contributed by atoms with E-state index in [0.29, 0.717) is 18.8 Å². The molecule has 0 aromatic rings. The van der Waals surface area contributed by atoms with Gasteiger partial charge in [0.15, 0.2) is 18.8 Å². The Morgan fingerprint density at radius 2 is 1.43 bits per heavy atom. The van der Waals surface area contributed by atoms with Gasteiger partial charge in [-0.3, -0.25) is 0 Å². The fraction of sp³-hybridized carbons (Fsp3) is 0.462. The lowest BCUT2D eigenvalue weighted by Gasteiger charge is -2.31. The van der Waals surface area contributed by atoms with Gasteiger partial charge in [-0.15, -0.1) is 11.6 Å². The monoisotopic (exact) mass is 441 g/mol. The molecule has 0 N–H and O–H groups in total. The van der Waals surface area contributed by atoms with Gasteiger partial charge in [-0.1, -0.05) is 65.5 Å². The molecule has 1 heterocycles. The molecule has 0 aromatic carbocycles. The number of hydrogen-bond acceptors (Lipinski definition) is 2. The molecule has 30 heavy (non-hydrogen) atoms. The highest BCUT2D eigenvalue weighted by molar-refractivity contribution is 8.06. The van der Waals surface area contributed by atoms with Gasteiger partial charge in [-0.2, -0.15) is 5.26 Å². The minimum absolute atomic E-state index is 0.130. The van der Waals surface area contributed by atoms with Crippen LogP contribution in [0.25, 0.3) is 0 Å². The molecule has 2 aliphatic rings. The lowest BCUT2D eigenvalue weighted by Crippen LogP contribution is -2.23. The number of alkyl halides is 1. The topological polar surface area (TPSA) is 26.8 Å². The van der Waals surface area contributed by atoms with Crippen molar-refractivity contribution in [2.24, 2.45) is 10.8 Å². The number of thioether (sulfide) groups is 1. The molecular weight excluding hydrogens is 408 g/mol. The molecule has 2 rings (SSSR count). The first-order chi connectivity index (χ1) is 14.0. The van der Waals surface area contributed by atoms with E-state index in [1.807, 2.05) is 11.8 Å². The van der Waals surface area contributed by atoms with Crippen LogP contribution in [0, 0.1) is 22.2 Å². The molecule has 0 aromatic heterocycles. The summed E-state index contributed by atoms with van der Waals surface area (Å²) >= 11 is 7.84. The van der Waals surface area contributed by atoms with Gasteiger partial charge in [-0.25, -0.2) is 4.58 Å². The highest BCUT2D eigenvalue weighted by Crippen LogP contribution is 2.48. The summed E-state index contributed by atoms with van der Waals surface area (Å²) in [6, 6.07) is 2.21. The molecular formula is C26H34ClN2S+. The van der Waals surface area contributed by atoms with Crippen LogP contribution in [0.1, 0.15) is 48.0 Å². The third-order valence-corrected chi connectivity index (χ3v) is 6.94. The molecule has 0 atom stereocenters. The summed E-state index contributed by atoms with van der Waals surface area (Å²) in [7, 11) is 0. The van der Waals surface area contributed by atoms with Crippen LogP contribution in [0.15, 0.2) is 69.6 Å². The molecule has 0 radical (unpaired) electrons. The standard InChI is InChI=1S/C26H34ClN2S/c1-25(2,3)23-18-21(19-24(30-23)26(4,5)6)9-8-20-10-12-22(13-11-20)29(17-14-27)16-7-15-28/h8-13,18-19H,7,14,16-17H2,1-6H3/q+1. The fourth-order valence-electron chi connectivity index (χ4n) is 3.00. The predicted octanol–water partition coefficient (Wildman–Crippen LogP) is 7.18. The lowest BCUT2D eigenvalue weighted by molar-refractivity contribution is -0.520. The van der Waals surface area contributed by atoms with Crippen LogP contribution in [0.3, 0.4) is 0 Å². The Kier molecular flexibility index (Phi) is 8.59. The van der Waals surface area contributed by atoms with Crippen molar-refractivity contribution in [1.82, 2.24) is 0 Å². The van der Waals surface area contributed by atoms with Crippen molar-refractivity contribution < 1.29 is 4.58 Å². The minimum atomic E-state index is 0.130. The van der Waals surface area contributed by atoms with Crippen molar-refractivity contribution in [3.05, 3.63) is 69.6 Å². The quantitative estimate of drug-likeness (QED) is 0.333. The SMILES string of the molecule is CC(C)(C)C1=CC(=CC=C2C=CC(=[N+](CCCl)CCC#N)C=C2)C=C(C(C)(C)C)S1. The van der Waals surface area contributed by atoms with E-state index < -0.39 is 0 Å². The molecule has 160 valence electrons. The van der Waals surface area contributed by atoms with Crippen LogP contribution in [-0.2, 0) is 0 Å². The molecule has 0 saturated carbocycles. The van der Waals surface area contributed by atoms with Gasteiger partial charge in [0.05, 0.1) is 18.4 Å². The van der Waals surface area contributed by atoms with Crippen LogP contribution in [0.4, 0.5) is 0 Å². The maximum absolute atomic E-state index is 8.87. The number of allylic oxidation sites excluding steroid dienone is 12. The molecule has 1 aliphatic carbocycles. The minimum Gasteiger partial charge on any atom is -0.228 e. The van der Waals surface area contributed by atoms with Crippen LogP contribution in [-0.4, -0.2) is 29.3 Å². The third-order valence-electron chi connectivity index (χ3n) is 4.87. The van der Waals surface area contributed by atoms with Crippen molar-refractivity contribution >= 4 is 29.1 Å². The van der Waals surface area contributed by atoms with E-state index in [0.717, 1.165) is 17.8 Å². The Balaban J connectivity index is 2.29. The van der Waals surface area contributed by atoms with Gasteiger partial charge in [0.25, 0.3) is 0 Å². The Bertz CT molecular complexity index is 854. The van der Waals surface area contributed by atoms with Crippen molar-refractivity contribution in [2.75, 3.05) is 19.0 Å². The van der Waals surface area contributed by atoms with E-state index >= 15 is 0 Å². The second-order valence-corrected chi connectivity index (χ2v) is 11.1. The maximum Gasteiger partial charge on any atom is 0.199 e. The van der Waals surface area contributed by atoms with E-state index in [2.05, 4.69) is 101 Å². The number of nitrogens with zero attached hydrogens (tertiary/aromatic N) is 2. The first-order valence-electron chi connectivity index (χ1n) is 10.5. The van der Waals surface area contributed by atoms with E-state index in [9.17, 15) is 0 Å². The second kappa shape index (κ2) is 10.5. The molecule has 0 bridgehead atoms. The Morgan fingerprint density at radius 1 is 0.900 bits per heavy atom. The van der Waals surface area contributed by atoms with Gasteiger partial charge in [0, 0.05) is 12.2 Å². The zero-order valence-electron chi connectivity index (χ0n) is 19.1. The molecule has 2 nitrogen and oxygen atoms in total. The number of hydrogen-bond donors (Lipinski definition) is 0. The molecule has 0 saturated heterocycles. The summed E-state index contributed by atoms with van der Waals surface area (Å²) < 4.78 is 2.16. The van der Waals surface area contributed by atoms with Crippen molar-refractivity contribution in [1.29, 1.82) is 5.26 Å². The van der Waals surface area contributed by atoms with E-state index in [1.165, 1.54) is 15.4 Å². The fourth-order valence-corrected chi connectivity index (χ4v) is 4.45. The average molecular weight is 442 g/mol. The van der Waals surface area contributed by atoms with Crippen LogP contribution >= 0.6 is 23.4 Å². The van der Waals surface area contributed by atoms with Crippen LogP contribution in [0.5, 0.6) is 0 Å². The summed E-state index contributed by atoms with van der Waals surface area (Å²) in [4.78, 5) is 2.80. The highest BCUT2D eigenvalue weighted by Gasteiger charge is 2.27. The van der Waals surface area contributed by atoms with E-state index in [4.69, 9.17) is 16.9 Å². The zero-order chi connectivity index (χ0) is 22.4.